The first-order chi connectivity index (χ1) is 17.3. The van der Waals surface area contributed by atoms with Crippen molar-refractivity contribution in [2.24, 2.45) is 0 Å². The van der Waals surface area contributed by atoms with Gasteiger partial charge in [0.25, 0.3) is 10.0 Å². The molecule has 10 nitrogen and oxygen atoms in total. The SMILES string of the molecule is O=C1C(NS(=O)(=O)c2ccc(-c3nsc(Cl)n3)s2)CCCN1CC(=O)N1CCCC1CN1CCCC1. The van der Waals surface area contributed by atoms with E-state index in [1.165, 1.54) is 23.8 Å². The van der Waals surface area contributed by atoms with Crippen LogP contribution in [0.25, 0.3) is 10.7 Å². The lowest BCUT2D eigenvalue weighted by Gasteiger charge is -2.34. The van der Waals surface area contributed by atoms with Crippen molar-refractivity contribution in [3.8, 4) is 10.7 Å². The van der Waals surface area contributed by atoms with Gasteiger partial charge in [-0.05, 0) is 86.9 Å². The maximum atomic E-state index is 13.2. The summed E-state index contributed by atoms with van der Waals surface area (Å²) < 4.78 is 33.1. The van der Waals surface area contributed by atoms with Crippen LogP contribution in [0.3, 0.4) is 0 Å². The fraction of sp³-hybridized carbons (Fsp3) is 0.636. The lowest BCUT2D eigenvalue weighted by Crippen LogP contribution is -2.55. The van der Waals surface area contributed by atoms with Crippen LogP contribution in [0.5, 0.6) is 0 Å². The number of amides is 2. The van der Waals surface area contributed by atoms with Crippen LogP contribution >= 0.6 is 34.5 Å². The van der Waals surface area contributed by atoms with Gasteiger partial charge in [0.2, 0.25) is 16.3 Å². The van der Waals surface area contributed by atoms with Crippen LogP contribution in [-0.4, -0.2) is 95.6 Å². The van der Waals surface area contributed by atoms with Gasteiger partial charge < -0.3 is 14.7 Å². The summed E-state index contributed by atoms with van der Waals surface area (Å²) in [5.41, 5.74) is 0. The van der Waals surface area contributed by atoms with Gasteiger partial charge in [0.1, 0.15) is 10.3 Å². The molecule has 5 rings (SSSR count). The van der Waals surface area contributed by atoms with Crippen molar-refractivity contribution in [3.63, 3.8) is 0 Å². The van der Waals surface area contributed by atoms with E-state index in [1.807, 2.05) is 4.90 Å². The van der Waals surface area contributed by atoms with Crippen molar-refractivity contribution in [2.45, 2.75) is 54.8 Å². The third-order valence-electron chi connectivity index (χ3n) is 6.99. The van der Waals surface area contributed by atoms with E-state index < -0.39 is 16.1 Å². The number of sulfonamides is 1. The Hall–Kier alpha value is -1.64. The Kier molecular flexibility index (Phi) is 7.94. The third kappa shape index (κ3) is 5.76. The number of rotatable bonds is 8. The van der Waals surface area contributed by atoms with E-state index in [4.69, 9.17) is 11.6 Å². The molecule has 3 aliphatic rings. The minimum Gasteiger partial charge on any atom is -0.337 e. The fourth-order valence-corrected chi connectivity index (χ4v) is 8.36. The average Bonchev–Trinajstić information content (AvgIpc) is 3.64. The third-order valence-corrected chi connectivity index (χ3v) is 10.8. The van der Waals surface area contributed by atoms with Gasteiger partial charge in [0, 0.05) is 25.7 Å². The molecule has 3 fully saturated rings. The molecule has 2 atom stereocenters. The molecule has 3 saturated heterocycles. The molecule has 2 amide bonds. The molecule has 2 aromatic rings. The summed E-state index contributed by atoms with van der Waals surface area (Å²) >= 11 is 7.89. The number of hydrogen-bond acceptors (Lipinski definition) is 9. The van der Waals surface area contributed by atoms with Crippen molar-refractivity contribution in [3.05, 3.63) is 16.6 Å². The smallest absolute Gasteiger partial charge is 0.250 e. The van der Waals surface area contributed by atoms with E-state index in [0.717, 1.165) is 61.9 Å². The number of aromatic nitrogens is 2. The molecule has 14 heteroatoms. The molecule has 2 aromatic heterocycles. The quantitative estimate of drug-likeness (QED) is 0.516. The van der Waals surface area contributed by atoms with Gasteiger partial charge in [-0.25, -0.2) is 13.4 Å². The Morgan fingerprint density at radius 1 is 1.11 bits per heavy atom. The topological polar surface area (TPSA) is 116 Å². The predicted octanol–water partition coefficient (Wildman–Crippen LogP) is 2.28. The van der Waals surface area contributed by atoms with E-state index in [2.05, 4.69) is 19.0 Å². The van der Waals surface area contributed by atoms with E-state index in [1.54, 1.807) is 6.07 Å². The van der Waals surface area contributed by atoms with Crippen molar-refractivity contribution in [2.75, 3.05) is 39.3 Å². The van der Waals surface area contributed by atoms with Crippen molar-refractivity contribution < 1.29 is 18.0 Å². The van der Waals surface area contributed by atoms with E-state index >= 15 is 0 Å². The van der Waals surface area contributed by atoms with Crippen LogP contribution in [0, 0.1) is 0 Å². The van der Waals surface area contributed by atoms with Gasteiger partial charge in [-0.1, -0.05) is 0 Å². The molecule has 36 heavy (non-hydrogen) atoms. The van der Waals surface area contributed by atoms with Crippen molar-refractivity contribution >= 4 is 56.3 Å². The van der Waals surface area contributed by atoms with Gasteiger partial charge in [0.05, 0.1) is 11.4 Å². The van der Waals surface area contributed by atoms with Gasteiger partial charge >= 0.3 is 0 Å². The summed E-state index contributed by atoms with van der Waals surface area (Å²) in [6.45, 7) is 4.23. The zero-order valence-corrected chi connectivity index (χ0v) is 23.0. The molecule has 0 bridgehead atoms. The Bertz CT molecular complexity index is 1210. The van der Waals surface area contributed by atoms with E-state index in [0.29, 0.717) is 30.1 Å². The molecule has 0 radical (unpaired) electrons. The van der Waals surface area contributed by atoms with Crippen LogP contribution in [0.2, 0.25) is 4.47 Å². The fourth-order valence-electron chi connectivity index (χ4n) is 5.21. The zero-order valence-electron chi connectivity index (χ0n) is 19.8. The summed E-state index contributed by atoms with van der Waals surface area (Å²) in [4.78, 5) is 36.8. The minimum atomic E-state index is -3.93. The summed E-state index contributed by atoms with van der Waals surface area (Å²) in [6, 6.07) is 2.40. The number of carbonyl (C=O) groups is 2. The Labute approximate surface area is 223 Å². The number of nitrogens with zero attached hydrogens (tertiary/aromatic N) is 5. The number of halogens is 1. The maximum absolute atomic E-state index is 13.2. The van der Waals surface area contributed by atoms with Crippen LogP contribution in [-0.2, 0) is 19.6 Å². The van der Waals surface area contributed by atoms with Crippen LogP contribution in [0.15, 0.2) is 16.3 Å². The molecule has 0 aliphatic carbocycles. The van der Waals surface area contributed by atoms with E-state index in [9.17, 15) is 18.0 Å². The number of hydrogen-bond donors (Lipinski definition) is 1. The average molecular weight is 573 g/mol. The first kappa shape index (κ1) is 26.0. The number of nitrogens with one attached hydrogen (secondary N) is 1. The largest absolute Gasteiger partial charge is 0.337 e. The second kappa shape index (κ2) is 11.0. The molecular weight excluding hydrogens is 544 g/mol. The summed E-state index contributed by atoms with van der Waals surface area (Å²) in [6.07, 6.45) is 5.41. The lowest BCUT2D eigenvalue weighted by molar-refractivity contribution is -0.143. The van der Waals surface area contributed by atoms with Crippen LogP contribution in [0.4, 0.5) is 0 Å². The number of thiophene rings is 1. The van der Waals surface area contributed by atoms with Crippen LogP contribution < -0.4 is 4.72 Å². The highest BCUT2D eigenvalue weighted by molar-refractivity contribution is 7.91. The molecule has 1 N–H and O–H groups in total. The van der Waals surface area contributed by atoms with E-state index in [-0.39, 0.29) is 33.1 Å². The second-order valence-corrected chi connectivity index (χ2v) is 13.8. The number of carbonyl (C=O) groups excluding carboxylic acids is 2. The van der Waals surface area contributed by atoms with Gasteiger partial charge in [-0.2, -0.15) is 9.10 Å². The van der Waals surface area contributed by atoms with Gasteiger partial charge in [0.15, 0.2) is 5.82 Å². The summed E-state index contributed by atoms with van der Waals surface area (Å²) in [7, 11) is -3.93. The number of likely N-dealkylation sites (tertiary alicyclic amines) is 3. The number of piperidine rings is 1. The summed E-state index contributed by atoms with van der Waals surface area (Å²) in [5, 5.41) is 0. The zero-order chi connectivity index (χ0) is 25.3. The predicted molar refractivity (Wildman–Crippen MR) is 139 cm³/mol. The van der Waals surface area contributed by atoms with Crippen LogP contribution in [0.1, 0.15) is 38.5 Å². The Morgan fingerprint density at radius 3 is 2.64 bits per heavy atom. The van der Waals surface area contributed by atoms with Gasteiger partial charge in [-0.15, -0.1) is 11.3 Å². The Morgan fingerprint density at radius 2 is 1.89 bits per heavy atom. The summed E-state index contributed by atoms with van der Waals surface area (Å²) in [5.74, 6) is -0.0242. The highest BCUT2D eigenvalue weighted by Crippen LogP contribution is 2.31. The molecule has 196 valence electrons. The van der Waals surface area contributed by atoms with Gasteiger partial charge in [-0.3, -0.25) is 9.59 Å². The molecule has 3 aliphatic heterocycles. The maximum Gasteiger partial charge on any atom is 0.250 e. The monoisotopic (exact) mass is 572 g/mol. The highest BCUT2D eigenvalue weighted by atomic mass is 35.5. The Balaban J connectivity index is 1.20. The van der Waals surface area contributed by atoms with Crippen molar-refractivity contribution in [1.82, 2.24) is 28.8 Å². The molecule has 2 unspecified atom stereocenters. The first-order valence-corrected chi connectivity index (χ1v) is 15.7. The lowest BCUT2D eigenvalue weighted by atomic mass is 10.1. The molecule has 0 saturated carbocycles. The first-order valence-electron chi connectivity index (χ1n) is 12.2. The molecule has 0 spiro atoms. The van der Waals surface area contributed by atoms with Crippen molar-refractivity contribution in [1.29, 1.82) is 0 Å². The highest BCUT2D eigenvalue weighted by Gasteiger charge is 2.36. The minimum absolute atomic E-state index is 0.00698. The second-order valence-electron chi connectivity index (χ2n) is 9.46. The molecule has 5 heterocycles. The molecule has 0 aromatic carbocycles. The molecular formula is C22H29ClN6O4S3. The normalized spacial score (nSPS) is 23.6. The standard InChI is InChI=1S/C22H29ClN6O4S3/c23-22-24-20(25-35-22)17-7-8-19(34-17)36(32,33)26-16-6-4-11-28(21(16)31)14-18(30)29-12-3-5-15(29)13-27-9-1-2-10-27/h7-8,15-16,26H,1-6,9-14H2.